The second-order valence-corrected chi connectivity index (χ2v) is 4.58. The van der Waals surface area contributed by atoms with E-state index in [1.54, 1.807) is 6.07 Å². The van der Waals surface area contributed by atoms with Crippen LogP contribution in [0.5, 0.6) is 0 Å². The zero-order valence-corrected chi connectivity index (χ0v) is 10.8. The van der Waals surface area contributed by atoms with Gasteiger partial charge in [0.1, 0.15) is 0 Å². The summed E-state index contributed by atoms with van der Waals surface area (Å²) in [5.41, 5.74) is 0.939. The van der Waals surface area contributed by atoms with Crippen molar-refractivity contribution in [2.75, 3.05) is 0 Å². The SMILES string of the molecule is CCC(O)C(C)c1ccc([N+](=O)[O-])cc1Br. The van der Waals surface area contributed by atoms with Crippen LogP contribution in [-0.2, 0) is 0 Å². The molecule has 2 atom stereocenters. The summed E-state index contributed by atoms with van der Waals surface area (Å²) in [6.07, 6.45) is 0.225. The monoisotopic (exact) mass is 287 g/mol. The third-order valence-electron chi connectivity index (χ3n) is 2.68. The fraction of sp³-hybridized carbons (Fsp3) is 0.455. The Kier molecular flexibility index (Phi) is 4.44. The molecule has 0 fully saturated rings. The maximum absolute atomic E-state index is 10.6. The highest BCUT2D eigenvalue weighted by atomic mass is 79.9. The summed E-state index contributed by atoms with van der Waals surface area (Å²) in [7, 11) is 0. The minimum absolute atomic E-state index is 0.0415. The molecule has 1 rings (SSSR count). The van der Waals surface area contributed by atoms with Gasteiger partial charge in [0.25, 0.3) is 5.69 Å². The summed E-state index contributed by atoms with van der Waals surface area (Å²) < 4.78 is 0.668. The largest absolute Gasteiger partial charge is 0.393 e. The van der Waals surface area contributed by atoms with E-state index in [0.29, 0.717) is 10.9 Å². The van der Waals surface area contributed by atoms with Crippen molar-refractivity contribution in [3.63, 3.8) is 0 Å². The van der Waals surface area contributed by atoms with Gasteiger partial charge >= 0.3 is 0 Å². The number of aliphatic hydroxyl groups excluding tert-OH is 1. The Morgan fingerprint density at radius 2 is 2.19 bits per heavy atom. The highest BCUT2D eigenvalue weighted by Crippen LogP contribution is 2.31. The molecule has 88 valence electrons. The lowest BCUT2D eigenvalue weighted by atomic mass is 9.94. The number of benzene rings is 1. The lowest BCUT2D eigenvalue weighted by Crippen LogP contribution is -2.14. The van der Waals surface area contributed by atoms with Gasteiger partial charge in [-0.25, -0.2) is 0 Å². The maximum atomic E-state index is 10.6. The first-order chi connectivity index (χ1) is 7.47. The Labute approximate surface area is 103 Å². The molecule has 0 aliphatic heterocycles. The molecule has 0 saturated carbocycles. The Bertz CT molecular complexity index is 395. The molecule has 1 aromatic rings. The van der Waals surface area contributed by atoms with Gasteiger partial charge in [0.2, 0.25) is 0 Å². The van der Waals surface area contributed by atoms with Crippen molar-refractivity contribution >= 4 is 21.6 Å². The predicted molar refractivity (Wildman–Crippen MR) is 65.5 cm³/mol. The second kappa shape index (κ2) is 5.41. The third kappa shape index (κ3) is 2.80. The fourth-order valence-electron chi connectivity index (χ4n) is 1.56. The van der Waals surface area contributed by atoms with Crippen LogP contribution in [0.2, 0.25) is 0 Å². The molecule has 0 bridgehead atoms. The molecule has 1 N–H and O–H groups in total. The summed E-state index contributed by atoms with van der Waals surface area (Å²) >= 11 is 3.30. The number of nitro benzene ring substituents is 1. The zero-order chi connectivity index (χ0) is 12.3. The number of non-ortho nitro benzene ring substituents is 1. The molecule has 0 aliphatic rings. The number of nitrogens with zero attached hydrogens (tertiary/aromatic N) is 1. The van der Waals surface area contributed by atoms with Gasteiger partial charge in [-0.15, -0.1) is 0 Å². The molecule has 4 nitrogen and oxygen atoms in total. The lowest BCUT2D eigenvalue weighted by Gasteiger charge is -2.18. The van der Waals surface area contributed by atoms with Gasteiger partial charge in [-0.1, -0.05) is 35.8 Å². The Morgan fingerprint density at radius 1 is 1.56 bits per heavy atom. The van der Waals surface area contributed by atoms with Gasteiger partial charge in [-0.3, -0.25) is 10.1 Å². The normalized spacial score (nSPS) is 14.5. The van der Waals surface area contributed by atoms with Crippen molar-refractivity contribution in [2.45, 2.75) is 32.3 Å². The summed E-state index contributed by atoms with van der Waals surface area (Å²) in [5, 5.41) is 20.3. The van der Waals surface area contributed by atoms with E-state index in [1.807, 2.05) is 13.8 Å². The Hall–Kier alpha value is -0.940. The molecule has 0 saturated heterocycles. The highest BCUT2D eigenvalue weighted by molar-refractivity contribution is 9.10. The van der Waals surface area contributed by atoms with Crippen LogP contribution in [0.3, 0.4) is 0 Å². The van der Waals surface area contributed by atoms with Crippen LogP contribution in [0, 0.1) is 10.1 Å². The fourth-order valence-corrected chi connectivity index (χ4v) is 2.29. The molecule has 2 unspecified atom stereocenters. The van der Waals surface area contributed by atoms with Crippen LogP contribution in [0.25, 0.3) is 0 Å². The van der Waals surface area contributed by atoms with E-state index in [9.17, 15) is 15.2 Å². The molecule has 0 aromatic heterocycles. The molecular weight excluding hydrogens is 274 g/mol. The summed E-state index contributed by atoms with van der Waals surface area (Å²) in [4.78, 5) is 10.1. The standard InChI is InChI=1S/C11H14BrNO3/c1-3-11(14)7(2)9-5-4-8(13(15)16)6-10(9)12/h4-7,11,14H,3H2,1-2H3. The van der Waals surface area contributed by atoms with Gasteiger partial charge in [0, 0.05) is 22.5 Å². The first-order valence-corrected chi connectivity index (χ1v) is 5.88. The maximum Gasteiger partial charge on any atom is 0.270 e. The molecule has 0 aliphatic carbocycles. The molecular formula is C11H14BrNO3. The molecule has 0 heterocycles. The molecule has 0 radical (unpaired) electrons. The Morgan fingerprint density at radius 3 is 2.62 bits per heavy atom. The number of hydrogen-bond donors (Lipinski definition) is 1. The molecule has 5 heteroatoms. The summed E-state index contributed by atoms with van der Waals surface area (Å²) in [5.74, 6) is -0.0415. The van der Waals surface area contributed by atoms with Gasteiger partial charge in [-0.2, -0.15) is 0 Å². The van der Waals surface area contributed by atoms with E-state index in [0.717, 1.165) is 5.56 Å². The minimum Gasteiger partial charge on any atom is -0.393 e. The first kappa shape index (κ1) is 13.1. The molecule has 0 amide bonds. The highest BCUT2D eigenvalue weighted by Gasteiger charge is 2.18. The number of halogens is 1. The minimum atomic E-state index is -0.435. The van der Waals surface area contributed by atoms with E-state index >= 15 is 0 Å². The van der Waals surface area contributed by atoms with Gasteiger partial charge in [0.05, 0.1) is 11.0 Å². The molecule has 1 aromatic carbocycles. The average Bonchev–Trinajstić information content (AvgIpc) is 2.26. The molecule has 0 spiro atoms. The van der Waals surface area contributed by atoms with Crippen molar-refractivity contribution in [3.05, 3.63) is 38.3 Å². The van der Waals surface area contributed by atoms with Crippen LogP contribution in [0.4, 0.5) is 5.69 Å². The predicted octanol–water partition coefficient (Wildman–Crippen LogP) is 3.23. The van der Waals surface area contributed by atoms with Gasteiger partial charge in [0.15, 0.2) is 0 Å². The van der Waals surface area contributed by atoms with Crippen LogP contribution in [-0.4, -0.2) is 16.1 Å². The van der Waals surface area contributed by atoms with Crippen molar-refractivity contribution in [1.82, 2.24) is 0 Å². The quantitative estimate of drug-likeness (QED) is 0.683. The van der Waals surface area contributed by atoms with Crippen molar-refractivity contribution in [3.8, 4) is 0 Å². The summed E-state index contributed by atoms with van der Waals surface area (Å²) in [6.45, 7) is 3.81. The van der Waals surface area contributed by atoms with Crippen LogP contribution < -0.4 is 0 Å². The first-order valence-electron chi connectivity index (χ1n) is 5.09. The van der Waals surface area contributed by atoms with E-state index in [1.165, 1.54) is 12.1 Å². The van der Waals surface area contributed by atoms with Crippen LogP contribution in [0.15, 0.2) is 22.7 Å². The topological polar surface area (TPSA) is 63.4 Å². The number of rotatable bonds is 4. The van der Waals surface area contributed by atoms with E-state index < -0.39 is 11.0 Å². The van der Waals surface area contributed by atoms with Crippen molar-refractivity contribution in [2.24, 2.45) is 0 Å². The van der Waals surface area contributed by atoms with Crippen LogP contribution in [0.1, 0.15) is 31.7 Å². The summed E-state index contributed by atoms with van der Waals surface area (Å²) in [6, 6.07) is 4.61. The Balaban J connectivity index is 3.03. The van der Waals surface area contributed by atoms with E-state index in [4.69, 9.17) is 0 Å². The van der Waals surface area contributed by atoms with Crippen molar-refractivity contribution < 1.29 is 10.0 Å². The lowest BCUT2D eigenvalue weighted by molar-refractivity contribution is -0.384. The van der Waals surface area contributed by atoms with Gasteiger partial charge < -0.3 is 5.11 Å². The number of aliphatic hydroxyl groups is 1. The van der Waals surface area contributed by atoms with Crippen LogP contribution >= 0.6 is 15.9 Å². The average molecular weight is 288 g/mol. The smallest absolute Gasteiger partial charge is 0.270 e. The third-order valence-corrected chi connectivity index (χ3v) is 3.37. The number of hydrogen-bond acceptors (Lipinski definition) is 3. The van der Waals surface area contributed by atoms with Crippen molar-refractivity contribution in [1.29, 1.82) is 0 Å². The van der Waals surface area contributed by atoms with E-state index in [-0.39, 0.29) is 11.6 Å². The van der Waals surface area contributed by atoms with E-state index in [2.05, 4.69) is 15.9 Å². The van der Waals surface area contributed by atoms with Gasteiger partial charge in [-0.05, 0) is 12.0 Å². The number of nitro groups is 1. The second-order valence-electron chi connectivity index (χ2n) is 3.73. The molecule has 16 heavy (non-hydrogen) atoms. The zero-order valence-electron chi connectivity index (χ0n) is 9.18.